The number of pyridine rings is 1. The molecule has 0 atom stereocenters. The maximum Gasteiger partial charge on any atom is 0.265 e. The number of nitrogens with one attached hydrogen (secondary N) is 2. The van der Waals surface area contributed by atoms with Crippen molar-refractivity contribution in [2.24, 2.45) is 0 Å². The number of hydrogen-bond donors (Lipinski definition) is 2. The highest BCUT2D eigenvalue weighted by Gasteiger charge is 2.23. The van der Waals surface area contributed by atoms with Crippen LogP contribution < -0.4 is 19.5 Å². The summed E-state index contributed by atoms with van der Waals surface area (Å²) in [7, 11) is -0.975. The van der Waals surface area contributed by atoms with Crippen molar-refractivity contribution in [3.05, 3.63) is 41.7 Å². The number of rotatable bonds is 8. The Morgan fingerprint density at radius 1 is 1.06 bits per heavy atom. The molecule has 0 aliphatic heterocycles. The van der Waals surface area contributed by atoms with Gasteiger partial charge in [-0.15, -0.1) is 0 Å². The average Bonchev–Trinajstić information content (AvgIpc) is 3.20. The van der Waals surface area contributed by atoms with E-state index < -0.39 is 10.0 Å². The summed E-state index contributed by atoms with van der Waals surface area (Å²) in [5.41, 5.74) is 2.71. The van der Waals surface area contributed by atoms with Gasteiger partial charge in [0.15, 0.2) is 5.13 Å². The first-order valence-corrected chi connectivity index (χ1v) is 13.6. The predicted molar refractivity (Wildman–Crippen MR) is 136 cm³/mol. The number of aryl methyl sites for hydroxylation is 2. The molecule has 3 aromatic rings. The number of ether oxygens (including phenoxy) is 2. The standard InChI is InChI=1S/C24H30N4O4S2/c1-15-12-22(32-4)25-14-19(15)28-34(29,30)21-13-17(10-11-20(21)31-3)23-16(2)26-24(33-23)27-18-8-6-5-7-9-18/h10-14,18,28H,5-9H2,1-4H3,(H,26,27). The van der Waals surface area contributed by atoms with E-state index in [4.69, 9.17) is 14.5 Å². The summed E-state index contributed by atoms with van der Waals surface area (Å²) in [5, 5.41) is 4.44. The predicted octanol–water partition coefficient (Wildman–Crippen LogP) is 5.38. The van der Waals surface area contributed by atoms with E-state index in [9.17, 15) is 8.42 Å². The Kier molecular flexibility index (Phi) is 7.27. The second kappa shape index (κ2) is 10.2. The van der Waals surface area contributed by atoms with E-state index in [1.807, 2.05) is 13.0 Å². The molecule has 0 bridgehead atoms. The Labute approximate surface area is 204 Å². The highest BCUT2D eigenvalue weighted by molar-refractivity contribution is 7.92. The summed E-state index contributed by atoms with van der Waals surface area (Å²) in [6, 6.07) is 7.30. The van der Waals surface area contributed by atoms with E-state index in [1.165, 1.54) is 39.7 Å². The minimum atomic E-state index is -3.94. The zero-order valence-corrected chi connectivity index (χ0v) is 21.5. The zero-order valence-electron chi connectivity index (χ0n) is 19.8. The van der Waals surface area contributed by atoms with Gasteiger partial charge in [0.1, 0.15) is 10.6 Å². The number of aromatic nitrogens is 2. The number of thiazole rings is 1. The Balaban J connectivity index is 1.64. The van der Waals surface area contributed by atoms with Crippen LogP contribution in [0.4, 0.5) is 10.8 Å². The summed E-state index contributed by atoms with van der Waals surface area (Å²) in [6.45, 7) is 3.73. The molecule has 0 spiro atoms. The molecule has 2 aromatic heterocycles. The minimum absolute atomic E-state index is 0.0531. The molecule has 4 rings (SSSR count). The quantitative estimate of drug-likeness (QED) is 0.426. The number of methoxy groups -OCH3 is 2. The highest BCUT2D eigenvalue weighted by Crippen LogP contribution is 2.38. The number of sulfonamides is 1. The fraction of sp³-hybridized carbons (Fsp3) is 0.417. The molecule has 0 radical (unpaired) electrons. The van der Waals surface area contributed by atoms with Gasteiger partial charge in [0.2, 0.25) is 5.88 Å². The Hall–Kier alpha value is -2.85. The van der Waals surface area contributed by atoms with Crippen LogP contribution in [0.5, 0.6) is 11.6 Å². The third-order valence-electron chi connectivity index (χ3n) is 5.98. The lowest BCUT2D eigenvalue weighted by atomic mass is 9.96. The molecule has 2 N–H and O–H groups in total. The van der Waals surface area contributed by atoms with Gasteiger partial charge in [0.25, 0.3) is 10.0 Å². The first kappa shape index (κ1) is 24.3. The van der Waals surface area contributed by atoms with Crippen LogP contribution in [0.25, 0.3) is 10.4 Å². The van der Waals surface area contributed by atoms with Crippen molar-refractivity contribution in [3.8, 4) is 22.1 Å². The molecule has 1 saturated carbocycles. The third-order valence-corrected chi connectivity index (χ3v) is 8.51. The summed E-state index contributed by atoms with van der Waals surface area (Å²) in [5.74, 6) is 0.677. The van der Waals surface area contributed by atoms with E-state index in [0.717, 1.165) is 34.1 Å². The van der Waals surface area contributed by atoms with Crippen molar-refractivity contribution in [3.63, 3.8) is 0 Å². The van der Waals surface area contributed by atoms with Gasteiger partial charge in [0, 0.05) is 12.1 Å². The van der Waals surface area contributed by atoms with Gasteiger partial charge in [-0.1, -0.05) is 30.6 Å². The lowest BCUT2D eigenvalue weighted by Crippen LogP contribution is -2.21. The van der Waals surface area contributed by atoms with Crippen LogP contribution in [0.3, 0.4) is 0 Å². The van der Waals surface area contributed by atoms with E-state index >= 15 is 0 Å². The molecular formula is C24H30N4O4S2. The van der Waals surface area contributed by atoms with Crippen LogP contribution in [0.1, 0.15) is 43.4 Å². The average molecular weight is 503 g/mol. The van der Waals surface area contributed by atoms with E-state index in [-0.39, 0.29) is 10.6 Å². The third kappa shape index (κ3) is 5.28. The molecule has 1 fully saturated rings. The highest BCUT2D eigenvalue weighted by atomic mass is 32.2. The molecule has 2 heterocycles. The van der Waals surface area contributed by atoms with Crippen LogP contribution in [0, 0.1) is 13.8 Å². The van der Waals surface area contributed by atoms with Gasteiger partial charge in [-0.05, 0) is 56.0 Å². The smallest absolute Gasteiger partial charge is 0.265 e. The van der Waals surface area contributed by atoms with Crippen LogP contribution in [0.2, 0.25) is 0 Å². The molecule has 1 aromatic carbocycles. The molecule has 0 unspecified atom stereocenters. The summed E-state index contributed by atoms with van der Waals surface area (Å²) in [6.07, 6.45) is 7.53. The van der Waals surface area contributed by atoms with Crippen LogP contribution in [-0.2, 0) is 10.0 Å². The maximum absolute atomic E-state index is 13.3. The molecule has 1 aliphatic rings. The van der Waals surface area contributed by atoms with E-state index in [2.05, 4.69) is 15.0 Å². The second-order valence-electron chi connectivity index (χ2n) is 8.43. The number of hydrogen-bond acceptors (Lipinski definition) is 8. The van der Waals surface area contributed by atoms with Crippen molar-refractivity contribution in [1.29, 1.82) is 0 Å². The lowest BCUT2D eigenvalue weighted by Gasteiger charge is -2.22. The second-order valence-corrected chi connectivity index (χ2v) is 11.1. The fourth-order valence-electron chi connectivity index (χ4n) is 4.12. The molecule has 0 saturated heterocycles. The van der Waals surface area contributed by atoms with E-state index in [1.54, 1.807) is 36.5 Å². The van der Waals surface area contributed by atoms with Gasteiger partial charge in [-0.2, -0.15) is 0 Å². The monoisotopic (exact) mass is 502 g/mol. The SMILES string of the molecule is COc1cc(C)c(NS(=O)(=O)c2cc(-c3sc(NC4CCCCC4)nc3C)ccc2OC)cn1. The van der Waals surface area contributed by atoms with Gasteiger partial charge < -0.3 is 14.8 Å². The van der Waals surface area contributed by atoms with Gasteiger partial charge in [-0.25, -0.2) is 18.4 Å². The normalized spacial score (nSPS) is 14.6. The number of benzene rings is 1. The number of nitrogens with zero attached hydrogens (tertiary/aromatic N) is 2. The van der Waals surface area contributed by atoms with Crippen molar-refractivity contribution < 1.29 is 17.9 Å². The Morgan fingerprint density at radius 2 is 1.82 bits per heavy atom. The van der Waals surface area contributed by atoms with Crippen molar-refractivity contribution >= 4 is 32.2 Å². The van der Waals surface area contributed by atoms with Crippen molar-refractivity contribution in [2.75, 3.05) is 24.3 Å². The summed E-state index contributed by atoms with van der Waals surface area (Å²) < 4.78 is 39.8. The molecule has 1 aliphatic carbocycles. The molecule has 8 nitrogen and oxygen atoms in total. The molecule has 34 heavy (non-hydrogen) atoms. The fourth-order valence-corrected chi connectivity index (χ4v) is 6.48. The zero-order chi connectivity index (χ0) is 24.3. The van der Waals surface area contributed by atoms with Crippen molar-refractivity contribution in [1.82, 2.24) is 9.97 Å². The summed E-state index contributed by atoms with van der Waals surface area (Å²) >= 11 is 1.55. The molecular weight excluding hydrogens is 472 g/mol. The Bertz CT molecular complexity index is 1270. The lowest BCUT2D eigenvalue weighted by molar-refractivity contribution is 0.397. The molecule has 10 heteroatoms. The summed E-state index contributed by atoms with van der Waals surface area (Å²) in [4.78, 5) is 9.80. The van der Waals surface area contributed by atoms with Crippen LogP contribution in [-0.4, -0.2) is 38.6 Å². The van der Waals surface area contributed by atoms with Crippen LogP contribution >= 0.6 is 11.3 Å². The minimum Gasteiger partial charge on any atom is -0.495 e. The first-order valence-electron chi connectivity index (χ1n) is 11.3. The first-order chi connectivity index (χ1) is 16.3. The van der Waals surface area contributed by atoms with Gasteiger partial charge >= 0.3 is 0 Å². The topological polar surface area (TPSA) is 102 Å². The molecule has 182 valence electrons. The van der Waals surface area contributed by atoms with Gasteiger partial charge in [0.05, 0.1) is 36.7 Å². The van der Waals surface area contributed by atoms with Gasteiger partial charge in [-0.3, -0.25) is 4.72 Å². The maximum atomic E-state index is 13.3. The van der Waals surface area contributed by atoms with Crippen LogP contribution in [0.15, 0.2) is 35.4 Å². The molecule has 0 amide bonds. The Morgan fingerprint density at radius 3 is 2.50 bits per heavy atom. The number of anilines is 2. The largest absolute Gasteiger partial charge is 0.495 e. The van der Waals surface area contributed by atoms with E-state index in [0.29, 0.717) is 23.2 Å². The van der Waals surface area contributed by atoms with Crippen molar-refractivity contribution in [2.45, 2.75) is 56.9 Å².